The average molecular weight is 260 g/mol. The zero-order valence-corrected chi connectivity index (χ0v) is 11.2. The Kier molecular flexibility index (Phi) is 5.27. The molecule has 0 spiro atoms. The summed E-state index contributed by atoms with van der Waals surface area (Å²) >= 11 is 0. The Morgan fingerprint density at radius 1 is 1.32 bits per heavy atom. The van der Waals surface area contributed by atoms with Gasteiger partial charge in [0.15, 0.2) is 0 Å². The van der Waals surface area contributed by atoms with E-state index in [-0.39, 0.29) is 0 Å². The van der Waals surface area contributed by atoms with Crippen LogP contribution in [-0.4, -0.2) is 43.0 Å². The van der Waals surface area contributed by atoms with Crippen LogP contribution in [0.25, 0.3) is 10.9 Å². The molecule has 2 aromatic rings. The lowest BCUT2D eigenvalue weighted by Gasteiger charge is -2.13. The number of aromatic nitrogens is 1. The first kappa shape index (κ1) is 13.9. The molecule has 2 rings (SSSR count). The van der Waals surface area contributed by atoms with E-state index in [0.29, 0.717) is 19.6 Å². The molecule has 1 unspecified atom stereocenters. The number of fused-ring (bicyclic) bond motifs is 1. The molecule has 4 heteroatoms. The summed E-state index contributed by atoms with van der Waals surface area (Å²) in [7, 11) is 1.67. The summed E-state index contributed by atoms with van der Waals surface area (Å²) in [6.07, 6.45) is 2.02. The summed E-state index contributed by atoms with van der Waals surface area (Å²) in [5.41, 5.74) is 2.10. The fourth-order valence-electron chi connectivity index (χ4n) is 2.10. The summed E-state index contributed by atoms with van der Waals surface area (Å²) in [5.74, 6) is 0. The maximum absolute atomic E-state index is 10.0. The third-order valence-corrected chi connectivity index (χ3v) is 3.06. The lowest BCUT2D eigenvalue weighted by molar-refractivity contribution is 0.160. The van der Waals surface area contributed by atoms with Crippen LogP contribution in [0.5, 0.6) is 0 Å². The molecule has 1 aromatic heterocycles. The highest BCUT2D eigenvalue weighted by molar-refractivity contribution is 5.81. The number of hydrogen-bond acceptors (Lipinski definition) is 4. The quantitative estimate of drug-likeness (QED) is 0.738. The first-order chi connectivity index (χ1) is 9.31. The van der Waals surface area contributed by atoms with E-state index in [1.807, 2.05) is 30.3 Å². The third kappa shape index (κ3) is 3.99. The molecule has 102 valence electrons. The minimum atomic E-state index is -0.400. The number of ether oxygens (including phenoxy) is 1. The number of para-hydroxylation sites is 1. The molecule has 0 aliphatic carbocycles. The minimum Gasteiger partial charge on any atom is -0.391 e. The van der Waals surface area contributed by atoms with Gasteiger partial charge in [-0.15, -0.1) is 0 Å². The van der Waals surface area contributed by atoms with E-state index in [1.54, 1.807) is 13.3 Å². The Morgan fingerprint density at radius 2 is 2.16 bits per heavy atom. The number of methoxy groups -OCH3 is 1. The van der Waals surface area contributed by atoms with Crippen LogP contribution in [0.3, 0.4) is 0 Å². The number of hydrogen-bond donors (Lipinski definition) is 2. The van der Waals surface area contributed by atoms with Crippen LogP contribution >= 0.6 is 0 Å². The molecule has 19 heavy (non-hydrogen) atoms. The maximum atomic E-state index is 10.0. The predicted octanol–water partition coefficient (Wildman–Crippen LogP) is 1.37. The van der Waals surface area contributed by atoms with Crippen molar-refractivity contribution in [3.8, 4) is 0 Å². The smallest absolute Gasteiger partial charge is 0.0705 e. The van der Waals surface area contributed by atoms with Crippen LogP contribution in [0.2, 0.25) is 0 Å². The van der Waals surface area contributed by atoms with Gasteiger partial charge in [-0.2, -0.15) is 0 Å². The maximum Gasteiger partial charge on any atom is 0.0705 e. The summed E-state index contributed by atoms with van der Waals surface area (Å²) in [6.45, 7) is 1.98. The van der Waals surface area contributed by atoms with Crippen LogP contribution in [0, 0.1) is 0 Å². The van der Waals surface area contributed by atoms with Crippen molar-refractivity contribution < 1.29 is 9.84 Å². The van der Waals surface area contributed by atoms with Gasteiger partial charge < -0.3 is 15.2 Å². The van der Waals surface area contributed by atoms with Crippen molar-refractivity contribution in [2.45, 2.75) is 12.5 Å². The van der Waals surface area contributed by atoms with Crippen molar-refractivity contribution in [2.75, 3.05) is 26.8 Å². The van der Waals surface area contributed by atoms with Crippen LogP contribution in [-0.2, 0) is 11.2 Å². The molecular weight excluding hydrogens is 240 g/mol. The molecular formula is C15H20N2O2. The van der Waals surface area contributed by atoms with Gasteiger partial charge in [0, 0.05) is 38.2 Å². The average Bonchev–Trinajstić information content (AvgIpc) is 2.44. The van der Waals surface area contributed by atoms with Gasteiger partial charge in [-0.1, -0.05) is 18.2 Å². The van der Waals surface area contributed by atoms with Crippen molar-refractivity contribution in [3.05, 3.63) is 42.1 Å². The fraction of sp³-hybridized carbons (Fsp3) is 0.400. The normalized spacial score (nSPS) is 12.7. The zero-order chi connectivity index (χ0) is 13.5. The highest BCUT2D eigenvalue weighted by Crippen LogP contribution is 2.17. The topological polar surface area (TPSA) is 54.4 Å². The van der Waals surface area contributed by atoms with Crippen LogP contribution < -0.4 is 5.32 Å². The molecule has 0 amide bonds. The second kappa shape index (κ2) is 7.19. The molecule has 1 heterocycles. The Labute approximate surface area is 113 Å². The van der Waals surface area contributed by atoms with E-state index in [9.17, 15) is 5.11 Å². The molecule has 0 radical (unpaired) electrons. The minimum absolute atomic E-state index is 0.400. The Bertz CT molecular complexity index is 511. The van der Waals surface area contributed by atoms with E-state index < -0.39 is 6.10 Å². The molecule has 1 atom stereocenters. The lowest BCUT2D eigenvalue weighted by atomic mass is 10.0. The SMILES string of the molecule is COCCNCC(O)Cc1ccnc2ccccc12. The van der Waals surface area contributed by atoms with E-state index >= 15 is 0 Å². The standard InChI is InChI=1S/C15H20N2O2/c1-19-9-8-16-11-13(18)10-12-6-7-17-15-5-3-2-4-14(12)15/h2-7,13,16,18H,8-11H2,1H3. The Hall–Kier alpha value is -1.49. The summed E-state index contributed by atoms with van der Waals surface area (Å²) in [6, 6.07) is 9.98. The number of rotatable bonds is 7. The highest BCUT2D eigenvalue weighted by Gasteiger charge is 2.08. The van der Waals surface area contributed by atoms with E-state index in [0.717, 1.165) is 23.0 Å². The first-order valence-corrected chi connectivity index (χ1v) is 6.51. The summed E-state index contributed by atoms with van der Waals surface area (Å²) < 4.78 is 4.95. The number of aliphatic hydroxyl groups excluding tert-OH is 1. The number of aliphatic hydroxyl groups is 1. The number of nitrogens with zero attached hydrogens (tertiary/aromatic N) is 1. The third-order valence-electron chi connectivity index (χ3n) is 3.06. The highest BCUT2D eigenvalue weighted by atomic mass is 16.5. The number of benzene rings is 1. The molecule has 0 aliphatic heterocycles. The van der Waals surface area contributed by atoms with Crippen LogP contribution in [0.15, 0.2) is 36.5 Å². The summed E-state index contributed by atoms with van der Waals surface area (Å²) in [4.78, 5) is 4.32. The Balaban J connectivity index is 1.97. The van der Waals surface area contributed by atoms with Crippen LogP contribution in [0.1, 0.15) is 5.56 Å². The van der Waals surface area contributed by atoms with Crippen molar-refractivity contribution in [1.29, 1.82) is 0 Å². The molecule has 0 saturated heterocycles. The molecule has 0 fully saturated rings. The number of pyridine rings is 1. The Morgan fingerprint density at radius 3 is 3.00 bits per heavy atom. The van der Waals surface area contributed by atoms with E-state index in [1.165, 1.54) is 0 Å². The molecule has 1 aromatic carbocycles. The van der Waals surface area contributed by atoms with Gasteiger partial charge in [0.25, 0.3) is 0 Å². The molecule has 0 saturated carbocycles. The molecule has 0 bridgehead atoms. The van der Waals surface area contributed by atoms with Gasteiger partial charge in [0.05, 0.1) is 18.2 Å². The lowest BCUT2D eigenvalue weighted by Crippen LogP contribution is -2.30. The predicted molar refractivity (Wildman–Crippen MR) is 76.2 cm³/mol. The van der Waals surface area contributed by atoms with Gasteiger partial charge in [0.2, 0.25) is 0 Å². The van der Waals surface area contributed by atoms with E-state index in [2.05, 4.69) is 10.3 Å². The largest absolute Gasteiger partial charge is 0.391 e. The second-order valence-electron chi connectivity index (χ2n) is 4.54. The van der Waals surface area contributed by atoms with Gasteiger partial charge in [-0.3, -0.25) is 4.98 Å². The zero-order valence-electron chi connectivity index (χ0n) is 11.2. The van der Waals surface area contributed by atoms with Gasteiger partial charge >= 0.3 is 0 Å². The van der Waals surface area contributed by atoms with Crippen molar-refractivity contribution in [1.82, 2.24) is 10.3 Å². The van der Waals surface area contributed by atoms with Crippen LogP contribution in [0.4, 0.5) is 0 Å². The second-order valence-corrected chi connectivity index (χ2v) is 4.54. The molecule has 2 N–H and O–H groups in total. The molecule has 4 nitrogen and oxygen atoms in total. The van der Waals surface area contributed by atoms with Crippen molar-refractivity contribution in [2.24, 2.45) is 0 Å². The van der Waals surface area contributed by atoms with Gasteiger partial charge in [-0.05, 0) is 17.7 Å². The van der Waals surface area contributed by atoms with Gasteiger partial charge in [0.1, 0.15) is 0 Å². The van der Waals surface area contributed by atoms with E-state index in [4.69, 9.17) is 4.74 Å². The van der Waals surface area contributed by atoms with Gasteiger partial charge in [-0.25, -0.2) is 0 Å². The first-order valence-electron chi connectivity index (χ1n) is 6.51. The number of nitrogens with one attached hydrogen (secondary N) is 1. The van der Waals surface area contributed by atoms with Crippen molar-refractivity contribution in [3.63, 3.8) is 0 Å². The monoisotopic (exact) mass is 260 g/mol. The molecule has 0 aliphatic rings. The fourth-order valence-corrected chi connectivity index (χ4v) is 2.10. The van der Waals surface area contributed by atoms with Crippen molar-refractivity contribution >= 4 is 10.9 Å². The summed E-state index contributed by atoms with van der Waals surface area (Å²) in [5, 5.41) is 14.3.